The predicted octanol–water partition coefficient (Wildman–Crippen LogP) is 3.03. The number of amides is 1. The molecule has 4 rings (SSSR count). The molecule has 4 N–H and O–H groups in total. The number of hydrogen-bond donors (Lipinski definition) is 4. The summed E-state index contributed by atoms with van der Waals surface area (Å²) < 4.78 is 0. The molecule has 1 aromatic carbocycles. The Morgan fingerprint density at radius 1 is 1.16 bits per heavy atom. The summed E-state index contributed by atoms with van der Waals surface area (Å²) in [5, 5.41) is 10.3. The van der Waals surface area contributed by atoms with Gasteiger partial charge in [-0.15, -0.1) is 0 Å². The zero-order chi connectivity index (χ0) is 17.2. The average Bonchev–Trinajstić information content (AvgIpc) is 3.06. The predicted molar refractivity (Wildman–Crippen MR) is 98.3 cm³/mol. The second-order valence-electron chi connectivity index (χ2n) is 6.19. The molecule has 0 atom stereocenters. The van der Waals surface area contributed by atoms with Crippen LogP contribution >= 0.6 is 0 Å². The van der Waals surface area contributed by atoms with Gasteiger partial charge in [-0.2, -0.15) is 9.97 Å². The number of nitrogens with zero attached hydrogens (tertiary/aromatic N) is 2. The number of aromatic amines is 1. The van der Waals surface area contributed by atoms with Crippen LogP contribution in [0.5, 0.6) is 0 Å². The highest BCUT2D eigenvalue weighted by Gasteiger charge is 2.19. The van der Waals surface area contributed by atoms with Gasteiger partial charge in [0.2, 0.25) is 5.95 Å². The Labute approximate surface area is 145 Å². The first-order chi connectivity index (χ1) is 12.2. The van der Waals surface area contributed by atoms with Gasteiger partial charge in [0.15, 0.2) is 0 Å². The van der Waals surface area contributed by atoms with Gasteiger partial charge >= 0.3 is 0 Å². The van der Waals surface area contributed by atoms with Crippen LogP contribution < -0.4 is 16.0 Å². The lowest BCUT2D eigenvalue weighted by Crippen LogP contribution is -2.27. The summed E-state index contributed by atoms with van der Waals surface area (Å²) in [4.78, 5) is 23.9. The van der Waals surface area contributed by atoms with Gasteiger partial charge in [-0.1, -0.05) is 0 Å². The van der Waals surface area contributed by atoms with Crippen molar-refractivity contribution >= 4 is 34.4 Å². The molecular weight excluding hydrogens is 316 g/mol. The molecule has 7 heteroatoms. The fourth-order valence-electron chi connectivity index (χ4n) is 2.83. The van der Waals surface area contributed by atoms with Crippen molar-refractivity contribution in [3.63, 3.8) is 0 Å². The van der Waals surface area contributed by atoms with Crippen molar-refractivity contribution in [2.24, 2.45) is 0 Å². The molecule has 0 spiro atoms. The Kier molecular flexibility index (Phi) is 3.97. The van der Waals surface area contributed by atoms with Gasteiger partial charge < -0.3 is 20.9 Å². The molecule has 0 radical (unpaired) electrons. The summed E-state index contributed by atoms with van der Waals surface area (Å²) in [6, 6.07) is 9.69. The van der Waals surface area contributed by atoms with Crippen molar-refractivity contribution in [1.82, 2.24) is 20.3 Å². The first kappa shape index (κ1) is 15.4. The van der Waals surface area contributed by atoms with Crippen LogP contribution in [0.25, 0.3) is 11.0 Å². The number of fused-ring (bicyclic) bond motifs is 1. The molecule has 1 saturated carbocycles. The van der Waals surface area contributed by atoms with Crippen molar-refractivity contribution in [3.8, 4) is 0 Å². The van der Waals surface area contributed by atoms with Crippen LogP contribution in [-0.2, 0) is 0 Å². The third-order valence-corrected chi connectivity index (χ3v) is 4.49. The number of carbonyl (C=O) groups excluding carboxylic acids is 1. The van der Waals surface area contributed by atoms with E-state index in [1.165, 1.54) is 19.3 Å². The van der Waals surface area contributed by atoms with Gasteiger partial charge in [0, 0.05) is 30.5 Å². The quantitative estimate of drug-likeness (QED) is 0.574. The van der Waals surface area contributed by atoms with Gasteiger partial charge in [-0.05, 0) is 49.6 Å². The molecule has 7 nitrogen and oxygen atoms in total. The second-order valence-corrected chi connectivity index (χ2v) is 6.19. The first-order valence-electron chi connectivity index (χ1n) is 8.44. The minimum atomic E-state index is -0.109. The highest BCUT2D eigenvalue weighted by Crippen LogP contribution is 2.28. The van der Waals surface area contributed by atoms with E-state index in [4.69, 9.17) is 0 Å². The minimum absolute atomic E-state index is 0.109. The SMILES string of the molecule is CNC(=O)c1ccc(Nc2nc(NC3CCC3)c3cc[nH]c3n2)cc1. The van der Waals surface area contributed by atoms with Gasteiger partial charge in [0.25, 0.3) is 5.91 Å². The van der Waals surface area contributed by atoms with Crippen molar-refractivity contribution in [2.75, 3.05) is 17.7 Å². The Bertz CT molecular complexity index is 898. The topological polar surface area (TPSA) is 94.7 Å². The van der Waals surface area contributed by atoms with E-state index in [2.05, 4.69) is 30.9 Å². The number of benzene rings is 1. The molecule has 1 fully saturated rings. The van der Waals surface area contributed by atoms with Crippen molar-refractivity contribution < 1.29 is 4.79 Å². The fraction of sp³-hybridized carbons (Fsp3) is 0.278. The molecular formula is C18H20N6O. The minimum Gasteiger partial charge on any atom is -0.367 e. The van der Waals surface area contributed by atoms with Crippen LogP contribution in [0.1, 0.15) is 29.6 Å². The lowest BCUT2D eigenvalue weighted by atomic mass is 9.93. The van der Waals surface area contributed by atoms with Crippen LogP contribution in [0.15, 0.2) is 36.5 Å². The van der Waals surface area contributed by atoms with E-state index < -0.39 is 0 Å². The molecule has 25 heavy (non-hydrogen) atoms. The van der Waals surface area contributed by atoms with Gasteiger partial charge in [0.05, 0.1) is 5.39 Å². The summed E-state index contributed by atoms with van der Waals surface area (Å²) in [7, 11) is 1.62. The molecule has 0 aliphatic heterocycles. The number of carbonyl (C=O) groups is 1. The van der Waals surface area contributed by atoms with E-state index in [9.17, 15) is 4.79 Å². The smallest absolute Gasteiger partial charge is 0.251 e. The number of anilines is 3. The van der Waals surface area contributed by atoms with Crippen LogP contribution in [-0.4, -0.2) is 33.9 Å². The number of hydrogen-bond acceptors (Lipinski definition) is 5. The Morgan fingerprint density at radius 2 is 1.96 bits per heavy atom. The van der Waals surface area contributed by atoms with Crippen molar-refractivity contribution in [2.45, 2.75) is 25.3 Å². The molecule has 0 saturated heterocycles. The largest absolute Gasteiger partial charge is 0.367 e. The molecule has 3 aromatic rings. The zero-order valence-corrected chi connectivity index (χ0v) is 14.0. The number of aromatic nitrogens is 3. The molecule has 1 amide bonds. The monoisotopic (exact) mass is 336 g/mol. The van der Waals surface area contributed by atoms with Crippen molar-refractivity contribution in [3.05, 3.63) is 42.1 Å². The van der Waals surface area contributed by atoms with Gasteiger partial charge in [0.1, 0.15) is 11.5 Å². The number of rotatable bonds is 5. The summed E-state index contributed by atoms with van der Waals surface area (Å²) in [6.45, 7) is 0. The summed E-state index contributed by atoms with van der Waals surface area (Å²) in [5.74, 6) is 1.26. The third-order valence-electron chi connectivity index (χ3n) is 4.49. The molecule has 2 aromatic heterocycles. The fourth-order valence-corrected chi connectivity index (χ4v) is 2.83. The number of nitrogens with one attached hydrogen (secondary N) is 4. The van der Waals surface area contributed by atoms with Crippen LogP contribution in [0.3, 0.4) is 0 Å². The third kappa shape index (κ3) is 3.13. The zero-order valence-electron chi connectivity index (χ0n) is 14.0. The molecule has 2 heterocycles. The lowest BCUT2D eigenvalue weighted by molar-refractivity contribution is 0.0963. The average molecular weight is 336 g/mol. The molecule has 0 bridgehead atoms. The van der Waals surface area contributed by atoms with Gasteiger partial charge in [-0.3, -0.25) is 4.79 Å². The standard InChI is InChI=1S/C18H20N6O/c1-19-17(25)11-5-7-13(8-6-11)22-18-23-15-14(9-10-20-15)16(24-18)21-12-3-2-4-12/h5-10,12H,2-4H2,1H3,(H,19,25)(H3,20,21,22,23,24). The highest BCUT2D eigenvalue weighted by atomic mass is 16.1. The highest BCUT2D eigenvalue weighted by molar-refractivity contribution is 5.94. The van der Waals surface area contributed by atoms with Gasteiger partial charge in [-0.25, -0.2) is 0 Å². The van der Waals surface area contributed by atoms with E-state index in [1.54, 1.807) is 19.2 Å². The van der Waals surface area contributed by atoms with E-state index >= 15 is 0 Å². The van der Waals surface area contributed by atoms with Crippen LogP contribution in [0, 0.1) is 0 Å². The van der Waals surface area contributed by atoms with Crippen LogP contribution in [0.4, 0.5) is 17.5 Å². The molecule has 1 aliphatic rings. The molecule has 0 unspecified atom stereocenters. The Morgan fingerprint density at radius 3 is 2.64 bits per heavy atom. The number of H-pyrrole nitrogens is 1. The normalized spacial score (nSPS) is 14.1. The van der Waals surface area contributed by atoms with E-state index in [0.717, 1.165) is 22.5 Å². The van der Waals surface area contributed by atoms with E-state index in [1.807, 2.05) is 24.4 Å². The van der Waals surface area contributed by atoms with E-state index in [0.29, 0.717) is 17.6 Å². The maximum atomic E-state index is 11.6. The maximum absolute atomic E-state index is 11.6. The van der Waals surface area contributed by atoms with Crippen molar-refractivity contribution in [1.29, 1.82) is 0 Å². The first-order valence-corrected chi connectivity index (χ1v) is 8.44. The molecule has 128 valence electrons. The Hall–Kier alpha value is -3.09. The maximum Gasteiger partial charge on any atom is 0.251 e. The summed E-state index contributed by atoms with van der Waals surface area (Å²) >= 11 is 0. The molecule has 1 aliphatic carbocycles. The van der Waals surface area contributed by atoms with Crippen LogP contribution in [0.2, 0.25) is 0 Å². The van der Waals surface area contributed by atoms with E-state index in [-0.39, 0.29) is 5.91 Å². The lowest BCUT2D eigenvalue weighted by Gasteiger charge is -2.27. The summed E-state index contributed by atoms with van der Waals surface area (Å²) in [5.41, 5.74) is 2.23. The summed E-state index contributed by atoms with van der Waals surface area (Å²) in [6.07, 6.45) is 5.49. The Balaban J connectivity index is 1.59. The second kappa shape index (κ2) is 6.43.